The zero-order valence-corrected chi connectivity index (χ0v) is 51.4. The molecule has 0 N–H and O–H groups in total. The average molecular weight is 1130 g/mol. The maximum atomic E-state index is 11.4. The first-order chi connectivity index (χ1) is 30.5. The number of hydrogen-bond donors (Lipinski definition) is 0. The number of hydrogen-bond acceptors (Lipinski definition) is 0. The summed E-state index contributed by atoms with van der Waals surface area (Å²) in [4.78, 5) is 0. The predicted molar refractivity (Wildman–Crippen MR) is 308 cm³/mol. The Kier molecular flexibility index (Phi) is 61.5. The van der Waals surface area contributed by atoms with Gasteiger partial charge in [0.15, 0.2) is 0 Å². The Labute approximate surface area is 423 Å². The van der Waals surface area contributed by atoms with Crippen molar-refractivity contribution in [3.05, 3.63) is 0 Å². The van der Waals surface area contributed by atoms with Crippen LogP contribution in [0.3, 0.4) is 0 Å². The van der Waals surface area contributed by atoms with Crippen LogP contribution in [0.25, 0.3) is 0 Å². The van der Waals surface area contributed by atoms with Crippen molar-refractivity contribution in [2.75, 3.05) is 49.3 Å². The zero-order chi connectivity index (χ0) is 47.4. The Bertz CT molecular complexity index is 722. The monoisotopic (exact) mass is 1130 g/mol. The number of unbranched alkanes of at least 4 members (excludes halogenated alkanes) is 32. The van der Waals surface area contributed by atoms with Crippen LogP contribution in [-0.4, -0.2) is 49.3 Å². The van der Waals surface area contributed by atoms with Crippen molar-refractivity contribution < 1.29 is 12.2 Å². The molecule has 0 aliphatic carbocycles. The van der Waals surface area contributed by atoms with Gasteiger partial charge < -0.3 is 0 Å². The van der Waals surface area contributed by atoms with Gasteiger partial charge in [-0.05, 0) is 64.2 Å². The minimum atomic E-state index is -2.78. The second kappa shape index (κ2) is 55.5. The van der Waals surface area contributed by atoms with E-state index in [0.717, 1.165) is 0 Å². The van der Waals surface area contributed by atoms with Crippen molar-refractivity contribution in [3.8, 4) is 0 Å². The van der Waals surface area contributed by atoms with E-state index in [0.29, 0.717) is 0 Å². The van der Waals surface area contributed by atoms with Crippen molar-refractivity contribution in [3.63, 3.8) is 0 Å². The van der Waals surface area contributed by atoms with E-state index in [2.05, 4.69) is 83.7 Å². The fraction of sp³-hybridized carbons (Fsp3) is 1.00. The number of rotatable bonds is 48. The first-order valence-electron chi connectivity index (χ1n) is 28.7. The third kappa shape index (κ3) is 57.0. The second-order valence-electron chi connectivity index (χ2n) is 20.1. The van der Waals surface area contributed by atoms with Gasteiger partial charge in [-0.2, -0.15) is 0 Å². The van der Waals surface area contributed by atoms with E-state index in [-0.39, 0.29) is 0 Å². The molecular formula is C56H120Br2ClCoFP2. The topological polar surface area (TPSA) is 0 Å². The summed E-state index contributed by atoms with van der Waals surface area (Å²) in [7, 11) is 0.768. The minimum absolute atomic E-state index is 0.630. The van der Waals surface area contributed by atoms with Crippen LogP contribution in [0.2, 0.25) is 0 Å². The van der Waals surface area contributed by atoms with Crippen LogP contribution in [0.4, 0.5) is 3.58 Å². The molecule has 0 unspecified atom stereocenters. The molecule has 0 spiro atoms. The molecule has 0 aliphatic rings. The first kappa shape index (κ1) is 69.8. The van der Waals surface area contributed by atoms with E-state index in [1.807, 2.05) is 0 Å². The van der Waals surface area contributed by atoms with E-state index in [1.165, 1.54) is 244 Å². The summed E-state index contributed by atoms with van der Waals surface area (Å²) >= 11 is 5.00. The Balaban J connectivity index is -0.00000103. The van der Waals surface area contributed by atoms with Crippen LogP contribution >= 0.6 is 53.0 Å². The average Bonchev–Trinajstić information content (AvgIpc) is 3.26. The normalized spacial score (nSPS) is 12.3. The summed E-state index contributed by atoms with van der Waals surface area (Å²) in [5, 5.41) is 0. The second-order valence-corrected chi connectivity index (χ2v) is 42.8. The molecular weight excluding hydrogens is 1010 g/mol. The van der Waals surface area contributed by atoms with Crippen molar-refractivity contribution >= 4 is 53.0 Å². The Hall–Kier alpha value is 2.55. The van der Waals surface area contributed by atoms with E-state index in [1.54, 1.807) is 62.1 Å². The van der Waals surface area contributed by atoms with Crippen molar-refractivity contribution in [1.29, 1.82) is 0 Å². The summed E-state index contributed by atoms with van der Waals surface area (Å²) in [6, 6.07) is 0. The molecule has 0 saturated carbocycles. The number of halogens is 4. The molecule has 0 aromatic heterocycles. The van der Waals surface area contributed by atoms with Gasteiger partial charge >= 0.3 is 50.6 Å². The van der Waals surface area contributed by atoms with Gasteiger partial charge in [0.2, 0.25) is 0 Å². The van der Waals surface area contributed by atoms with Crippen LogP contribution in [0.1, 0.15) is 312 Å². The van der Waals surface area contributed by atoms with E-state index in [4.69, 9.17) is 10.1 Å². The summed E-state index contributed by atoms with van der Waals surface area (Å²) in [5.74, 6) is 0. The third-order valence-corrected chi connectivity index (χ3v) is 24.0. The zero-order valence-electron chi connectivity index (χ0n) is 44.7. The third-order valence-electron chi connectivity index (χ3n) is 13.9. The summed E-state index contributed by atoms with van der Waals surface area (Å²) < 4.78 is 11.4. The van der Waals surface area contributed by atoms with Gasteiger partial charge in [0.1, 0.15) is 0 Å². The van der Waals surface area contributed by atoms with Gasteiger partial charge in [-0.1, -0.05) is 248 Å². The van der Waals surface area contributed by atoms with E-state index in [9.17, 15) is 3.58 Å². The standard InChI is InChI=1S/2C28H60P.2BrH.ClH.Co.FH/c2*1-5-9-13-14-15-16-17-18-19-20-21-22-23-24-28-29(25-10-6-2,26-11-7-3)27-12-8-4;;;;;/h2*5-28H2,1-4H3;3*1H;;1H/q2*+1;;;;+2;/p-4. The van der Waals surface area contributed by atoms with Crippen LogP contribution in [0.15, 0.2) is 0 Å². The Morgan fingerprint density at radius 2 is 0.365 bits per heavy atom. The van der Waals surface area contributed by atoms with Crippen LogP contribution < -0.4 is 0 Å². The summed E-state index contributed by atoms with van der Waals surface area (Å²) in [6.45, 7) is 19.0. The quantitative estimate of drug-likeness (QED) is 0.0421. The molecule has 391 valence electrons. The van der Waals surface area contributed by atoms with Gasteiger partial charge in [0.25, 0.3) is 0 Å². The van der Waals surface area contributed by atoms with Gasteiger partial charge in [0, 0.05) is 14.5 Å². The fourth-order valence-corrected chi connectivity index (χ4v) is 20.0. The Morgan fingerprint density at radius 1 is 0.254 bits per heavy atom. The van der Waals surface area contributed by atoms with E-state index >= 15 is 0 Å². The predicted octanol–water partition coefficient (Wildman–Crippen LogP) is 24.6. The van der Waals surface area contributed by atoms with Crippen LogP contribution in [0, 0.1) is 0 Å². The molecule has 0 amide bonds. The van der Waals surface area contributed by atoms with Crippen LogP contribution in [-0.2, 0) is 8.58 Å². The van der Waals surface area contributed by atoms with Gasteiger partial charge in [0.05, 0.1) is 49.3 Å². The van der Waals surface area contributed by atoms with Crippen molar-refractivity contribution in [1.82, 2.24) is 0 Å². The summed E-state index contributed by atoms with van der Waals surface area (Å²) in [6.07, 6.45) is 71.9. The molecule has 0 rings (SSSR count). The molecule has 63 heavy (non-hydrogen) atoms. The van der Waals surface area contributed by atoms with Gasteiger partial charge in [-0.15, -0.1) is 0 Å². The molecule has 0 aromatic rings. The molecule has 0 bridgehead atoms. The van der Waals surface area contributed by atoms with Crippen molar-refractivity contribution in [2.24, 2.45) is 0 Å². The van der Waals surface area contributed by atoms with Gasteiger partial charge in [-0.3, -0.25) is 0 Å². The maximum absolute atomic E-state index is 11.4. The molecule has 7 heteroatoms. The molecule has 0 aliphatic heterocycles. The molecule has 0 nitrogen and oxygen atoms in total. The van der Waals surface area contributed by atoms with Crippen molar-refractivity contribution in [2.45, 2.75) is 312 Å². The molecule has 0 saturated heterocycles. The Morgan fingerprint density at radius 3 is 0.508 bits per heavy atom. The fourth-order valence-electron chi connectivity index (χ4n) is 9.59. The van der Waals surface area contributed by atoms with E-state index < -0.39 is 23.1 Å². The summed E-state index contributed by atoms with van der Waals surface area (Å²) in [5.41, 5.74) is 0. The molecule has 0 aromatic carbocycles. The molecule has 0 fully saturated rings. The molecule has 0 heterocycles. The molecule has 0 radical (unpaired) electrons. The van der Waals surface area contributed by atoms with Crippen LogP contribution in [0.5, 0.6) is 0 Å². The first-order valence-corrected chi connectivity index (χ1v) is 40.7. The SMILES string of the molecule is CCCCCCCCCCCCCCCC[P+](CCCC)(CCCC)CCCC.CCCCCCCCCCCCCCCC[P+](CCCC)(CCCC)CCCC.[F][Co-2]([Cl])([Br])[Br]. The molecule has 0 atom stereocenters. The van der Waals surface area contributed by atoms with Gasteiger partial charge in [-0.25, -0.2) is 0 Å².